The molecule has 0 heterocycles. The van der Waals surface area contributed by atoms with E-state index in [2.05, 4.69) is 57.2 Å². The lowest BCUT2D eigenvalue weighted by Crippen LogP contribution is -2.56. The first-order valence-electron chi connectivity index (χ1n) is 13.0. The summed E-state index contributed by atoms with van der Waals surface area (Å²) in [4.78, 5) is 0. The zero-order valence-corrected chi connectivity index (χ0v) is 22.0. The molecule has 0 spiro atoms. The van der Waals surface area contributed by atoms with Crippen LogP contribution in [0.2, 0.25) is 0 Å². The number of aliphatic hydroxyl groups excluding tert-OH is 1. The van der Waals surface area contributed by atoms with Gasteiger partial charge in [0.05, 0.1) is 6.10 Å². The molecule has 1 N–H and O–H groups in total. The molecule has 0 aliphatic heterocycles. The summed E-state index contributed by atoms with van der Waals surface area (Å²) in [5.41, 5.74) is 1.01. The number of aliphatic hydroxyl groups is 1. The minimum Gasteiger partial charge on any atom is -0.392 e. The fourth-order valence-corrected chi connectivity index (χ4v) is 10.1. The molecule has 0 saturated heterocycles. The lowest BCUT2D eigenvalue weighted by molar-refractivity contribution is -0.130. The molecule has 0 aromatic rings. The molecule has 0 radical (unpaired) electrons. The van der Waals surface area contributed by atoms with Crippen LogP contribution in [0.15, 0.2) is 0 Å². The topological polar surface area (TPSA) is 20.2 Å². The number of hydrogen-bond donors (Lipinski definition) is 1. The van der Waals surface area contributed by atoms with Gasteiger partial charge in [-0.1, -0.05) is 76.5 Å². The molecule has 0 unspecified atom stereocenters. The average Bonchev–Trinajstić information content (AvgIpc) is 3.00. The summed E-state index contributed by atoms with van der Waals surface area (Å²) >= 11 is 2.53. The molecule has 168 valence electrons. The van der Waals surface area contributed by atoms with Crippen molar-refractivity contribution in [1.82, 2.24) is 0 Å². The number of halogens is 1. The number of alkyl halides is 1. The lowest BCUT2D eigenvalue weighted by atomic mass is 9.44. The van der Waals surface area contributed by atoms with Crippen molar-refractivity contribution in [2.24, 2.45) is 52.3 Å². The van der Waals surface area contributed by atoms with Crippen LogP contribution in [0.5, 0.6) is 0 Å². The second-order valence-electron chi connectivity index (χ2n) is 12.7. The molecule has 0 amide bonds. The smallest absolute Gasteiger partial charge is 0.0663 e. The predicted octanol–water partition coefficient (Wildman–Crippen LogP) is 7.88. The van der Waals surface area contributed by atoms with Gasteiger partial charge in [0.1, 0.15) is 0 Å². The largest absolute Gasteiger partial charge is 0.392 e. The van der Waals surface area contributed by atoms with Crippen molar-refractivity contribution < 1.29 is 5.11 Å². The summed E-state index contributed by atoms with van der Waals surface area (Å²) in [6.45, 7) is 12.6. The van der Waals surface area contributed by atoms with Crippen LogP contribution in [-0.4, -0.2) is 15.1 Å². The van der Waals surface area contributed by atoms with E-state index in [1.54, 1.807) is 0 Å². The number of fused-ring (bicyclic) bond motifs is 5. The Morgan fingerprint density at radius 3 is 2.38 bits per heavy atom. The van der Waals surface area contributed by atoms with Crippen molar-refractivity contribution >= 4 is 22.6 Å². The van der Waals surface area contributed by atoms with Crippen molar-refractivity contribution in [1.29, 1.82) is 0 Å². The van der Waals surface area contributed by atoms with E-state index in [-0.39, 0.29) is 6.10 Å². The molecule has 10 atom stereocenters. The first kappa shape index (κ1) is 22.9. The van der Waals surface area contributed by atoms with Gasteiger partial charge in [-0.3, -0.25) is 0 Å². The molecule has 0 aromatic heterocycles. The third kappa shape index (κ3) is 3.98. The molecule has 29 heavy (non-hydrogen) atoms. The number of rotatable bonds is 5. The van der Waals surface area contributed by atoms with Gasteiger partial charge < -0.3 is 5.11 Å². The summed E-state index contributed by atoms with van der Waals surface area (Å²) in [7, 11) is 0. The highest BCUT2D eigenvalue weighted by Gasteiger charge is 2.61. The van der Waals surface area contributed by atoms with Crippen LogP contribution < -0.4 is 0 Å². The third-order valence-corrected chi connectivity index (χ3v) is 12.2. The summed E-state index contributed by atoms with van der Waals surface area (Å²) in [6, 6.07) is 0. The lowest BCUT2D eigenvalue weighted by Gasteiger charge is -2.61. The predicted molar refractivity (Wildman–Crippen MR) is 132 cm³/mol. The second-order valence-corrected chi connectivity index (χ2v) is 14.3. The van der Waals surface area contributed by atoms with Gasteiger partial charge >= 0.3 is 0 Å². The molecule has 4 aliphatic rings. The Morgan fingerprint density at radius 2 is 1.66 bits per heavy atom. The standard InChI is InChI=1S/C27H47IO/c1-17(2)7-6-8-18(3)21-11-12-22-20-10-9-19-15-24(28)25(29)16-27(19,5)23(20)13-14-26(21,22)4/h17-25,29H,6-16H2,1-5H3/t18-,19+,20+,21+,22-,23-,24+,25-,26-,27+/m1/s1. The molecular formula is C27H47IO. The molecule has 0 bridgehead atoms. The molecular weight excluding hydrogens is 467 g/mol. The van der Waals surface area contributed by atoms with Gasteiger partial charge in [0.15, 0.2) is 0 Å². The average molecular weight is 515 g/mol. The van der Waals surface area contributed by atoms with Crippen molar-refractivity contribution in [2.75, 3.05) is 0 Å². The van der Waals surface area contributed by atoms with Crippen LogP contribution >= 0.6 is 22.6 Å². The van der Waals surface area contributed by atoms with Crippen molar-refractivity contribution in [3.63, 3.8) is 0 Å². The summed E-state index contributed by atoms with van der Waals surface area (Å²) in [5.74, 6) is 6.38. The third-order valence-electron chi connectivity index (χ3n) is 10.8. The van der Waals surface area contributed by atoms with Gasteiger partial charge in [-0.25, -0.2) is 0 Å². The fraction of sp³-hybridized carbons (Fsp3) is 1.00. The first-order chi connectivity index (χ1) is 13.7. The van der Waals surface area contributed by atoms with E-state index in [1.165, 1.54) is 64.2 Å². The van der Waals surface area contributed by atoms with Crippen LogP contribution in [0, 0.1) is 52.3 Å². The van der Waals surface area contributed by atoms with E-state index in [1.807, 2.05) is 0 Å². The minimum absolute atomic E-state index is 0.0683. The normalized spacial score (nSPS) is 50.7. The minimum atomic E-state index is -0.0683. The van der Waals surface area contributed by atoms with Gasteiger partial charge in [-0.15, -0.1) is 0 Å². The Labute approximate surface area is 194 Å². The Morgan fingerprint density at radius 1 is 0.931 bits per heavy atom. The van der Waals surface area contributed by atoms with Crippen LogP contribution in [0.25, 0.3) is 0 Å². The summed E-state index contributed by atoms with van der Waals surface area (Å²) in [5, 5.41) is 10.7. The van der Waals surface area contributed by atoms with E-state index >= 15 is 0 Å². The van der Waals surface area contributed by atoms with Gasteiger partial charge in [0.25, 0.3) is 0 Å². The van der Waals surface area contributed by atoms with E-state index in [4.69, 9.17) is 0 Å². The highest BCUT2D eigenvalue weighted by molar-refractivity contribution is 14.1. The zero-order chi connectivity index (χ0) is 21.0. The van der Waals surface area contributed by atoms with E-state index in [0.717, 1.165) is 47.8 Å². The van der Waals surface area contributed by atoms with Crippen LogP contribution in [-0.2, 0) is 0 Å². The molecule has 2 heteroatoms. The maximum Gasteiger partial charge on any atom is 0.0663 e. The van der Waals surface area contributed by atoms with Gasteiger partial charge in [-0.05, 0) is 104 Å². The first-order valence-corrected chi connectivity index (χ1v) is 14.2. The Bertz CT molecular complexity index is 575. The van der Waals surface area contributed by atoms with Crippen molar-refractivity contribution in [2.45, 2.75) is 115 Å². The molecule has 4 aliphatic carbocycles. The summed E-state index contributed by atoms with van der Waals surface area (Å²) in [6.07, 6.45) is 15.4. The monoisotopic (exact) mass is 514 g/mol. The molecule has 1 nitrogen and oxygen atoms in total. The quantitative estimate of drug-likeness (QED) is 0.292. The Hall–Kier alpha value is 0.690. The maximum atomic E-state index is 10.7. The van der Waals surface area contributed by atoms with Crippen molar-refractivity contribution in [3.05, 3.63) is 0 Å². The maximum absolute atomic E-state index is 10.7. The highest BCUT2D eigenvalue weighted by atomic mass is 127. The van der Waals surface area contributed by atoms with Crippen molar-refractivity contribution in [3.8, 4) is 0 Å². The van der Waals surface area contributed by atoms with E-state index in [0.29, 0.717) is 14.8 Å². The molecule has 4 saturated carbocycles. The Balaban J connectivity index is 1.47. The molecule has 4 fully saturated rings. The zero-order valence-electron chi connectivity index (χ0n) is 19.8. The van der Waals surface area contributed by atoms with Gasteiger partial charge in [-0.2, -0.15) is 0 Å². The van der Waals surface area contributed by atoms with Crippen LogP contribution in [0.1, 0.15) is 105 Å². The van der Waals surface area contributed by atoms with E-state index < -0.39 is 0 Å². The van der Waals surface area contributed by atoms with Crippen LogP contribution in [0.3, 0.4) is 0 Å². The van der Waals surface area contributed by atoms with Crippen LogP contribution in [0.4, 0.5) is 0 Å². The Kier molecular flexibility index (Phi) is 6.75. The molecule has 0 aromatic carbocycles. The number of hydrogen-bond acceptors (Lipinski definition) is 1. The molecule has 4 rings (SSSR count). The second kappa shape index (κ2) is 8.56. The SMILES string of the molecule is CC(C)CCC[C@@H](C)[C@@H]1CC[C@@H]2[C@@H]3CC[C@H]4C[C@H](I)[C@H](O)C[C@]4(C)[C@@H]3CC[C@@]21C. The van der Waals surface area contributed by atoms with Gasteiger partial charge in [0, 0.05) is 3.92 Å². The summed E-state index contributed by atoms with van der Waals surface area (Å²) < 4.78 is 0.485. The van der Waals surface area contributed by atoms with E-state index in [9.17, 15) is 5.11 Å². The van der Waals surface area contributed by atoms with Gasteiger partial charge in [0.2, 0.25) is 0 Å². The highest BCUT2D eigenvalue weighted by Crippen LogP contribution is 2.68. The fourth-order valence-electron chi connectivity index (χ4n) is 9.27.